The zero-order valence-corrected chi connectivity index (χ0v) is 9.65. The number of aliphatic hydroxyl groups excluding tert-OH is 1. The molecule has 1 aliphatic rings. The number of hydrogen-bond donors (Lipinski definition) is 1. The standard InChI is InChI=1S/C9HCl3N2O2/c10-5-4(3(1-13)2-14)8(15)6(11)7(12)9(5)16/h16H. The second kappa shape index (κ2) is 4.59. The first-order valence-corrected chi connectivity index (χ1v) is 4.83. The molecule has 16 heavy (non-hydrogen) atoms. The molecule has 1 aliphatic carbocycles. The van der Waals surface area contributed by atoms with Gasteiger partial charge < -0.3 is 5.11 Å². The van der Waals surface area contributed by atoms with E-state index < -0.39 is 37.8 Å². The summed E-state index contributed by atoms with van der Waals surface area (Å²) in [5.74, 6) is -1.50. The predicted octanol–water partition coefficient (Wildman–Crippen LogP) is 2.61. The van der Waals surface area contributed by atoms with Gasteiger partial charge in [0.05, 0.1) is 10.6 Å². The Hall–Kier alpha value is -1.46. The Morgan fingerprint density at radius 3 is 2.00 bits per heavy atom. The highest BCUT2D eigenvalue weighted by Gasteiger charge is 2.32. The van der Waals surface area contributed by atoms with Crippen molar-refractivity contribution in [3.8, 4) is 12.1 Å². The average Bonchev–Trinajstić information content (AvgIpc) is 2.29. The molecule has 0 amide bonds. The topological polar surface area (TPSA) is 84.9 Å². The Morgan fingerprint density at radius 1 is 1.06 bits per heavy atom. The van der Waals surface area contributed by atoms with E-state index in [0.717, 1.165) is 0 Å². The molecule has 1 N–H and O–H groups in total. The summed E-state index contributed by atoms with van der Waals surface area (Å²) in [7, 11) is 0. The van der Waals surface area contributed by atoms with Gasteiger partial charge >= 0.3 is 0 Å². The predicted molar refractivity (Wildman–Crippen MR) is 57.5 cm³/mol. The van der Waals surface area contributed by atoms with E-state index in [1.807, 2.05) is 0 Å². The molecular formula is C9HCl3N2O2. The van der Waals surface area contributed by atoms with Crippen molar-refractivity contribution >= 4 is 40.6 Å². The zero-order valence-electron chi connectivity index (χ0n) is 7.38. The highest BCUT2D eigenvalue weighted by atomic mass is 35.5. The van der Waals surface area contributed by atoms with Crippen molar-refractivity contribution in [1.82, 2.24) is 0 Å². The van der Waals surface area contributed by atoms with Gasteiger partial charge in [-0.15, -0.1) is 0 Å². The third-order valence-corrected chi connectivity index (χ3v) is 2.92. The number of allylic oxidation sites excluding steroid dienone is 5. The number of carbonyl (C=O) groups is 1. The number of nitrogens with zero attached hydrogens (tertiary/aromatic N) is 2. The average molecular weight is 275 g/mol. The molecule has 0 atom stereocenters. The fourth-order valence-corrected chi connectivity index (χ4v) is 1.68. The second-order valence-electron chi connectivity index (χ2n) is 2.59. The number of carbonyl (C=O) groups excluding carboxylic acids is 1. The van der Waals surface area contributed by atoms with Gasteiger partial charge in [0.25, 0.3) is 0 Å². The first-order valence-electron chi connectivity index (χ1n) is 3.69. The summed E-state index contributed by atoms with van der Waals surface area (Å²) in [5.41, 5.74) is -0.984. The van der Waals surface area contributed by atoms with Crippen LogP contribution >= 0.6 is 34.8 Å². The van der Waals surface area contributed by atoms with E-state index in [2.05, 4.69) is 0 Å². The Bertz CT molecular complexity index is 542. The monoisotopic (exact) mass is 274 g/mol. The van der Waals surface area contributed by atoms with E-state index in [9.17, 15) is 9.90 Å². The summed E-state index contributed by atoms with van der Waals surface area (Å²) in [6.45, 7) is 0. The van der Waals surface area contributed by atoms with Crippen LogP contribution in [0.2, 0.25) is 0 Å². The van der Waals surface area contributed by atoms with Gasteiger partial charge in [0.2, 0.25) is 5.78 Å². The van der Waals surface area contributed by atoms with Crippen molar-refractivity contribution in [2.75, 3.05) is 0 Å². The molecule has 0 aliphatic heterocycles. The van der Waals surface area contributed by atoms with Crippen LogP contribution in [0.4, 0.5) is 0 Å². The van der Waals surface area contributed by atoms with Gasteiger partial charge in [-0.25, -0.2) is 0 Å². The number of hydrogen-bond acceptors (Lipinski definition) is 4. The van der Waals surface area contributed by atoms with Crippen LogP contribution in [0, 0.1) is 22.7 Å². The highest BCUT2D eigenvalue weighted by molar-refractivity contribution is 6.55. The quantitative estimate of drug-likeness (QED) is 0.544. The lowest BCUT2D eigenvalue weighted by Crippen LogP contribution is -2.13. The lowest BCUT2D eigenvalue weighted by molar-refractivity contribution is -0.111. The van der Waals surface area contributed by atoms with E-state index in [4.69, 9.17) is 45.3 Å². The number of rotatable bonds is 0. The van der Waals surface area contributed by atoms with E-state index in [1.165, 1.54) is 12.1 Å². The van der Waals surface area contributed by atoms with Gasteiger partial charge in [-0.05, 0) is 0 Å². The summed E-state index contributed by atoms with van der Waals surface area (Å²) < 4.78 is 0. The minimum absolute atomic E-state index is 0.407. The summed E-state index contributed by atoms with van der Waals surface area (Å²) in [6.07, 6.45) is 0. The Balaban J connectivity index is 3.65. The molecule has 80 valence electrons. The first-order chi connectivity index (χ1) is 7.45. The van der Waals surface area contributed by atoms with Crippen LogP contribution in [0.1, 0.15) is 0 Å². The fraction of sp³-hybridized carbons (Fsp3) is 0. The summed E-state index contributed by atoms with van der Waals surface area (Å²) in [4.78, 5) is 11.6. The van der Waals surface area contributed by atoms with Crippen molar-refractivity contribution in [3.05, 3.63) is 32.0 Å². The Labute approximate surface area is 105 Å². The SMILES string of the molecule is N#CC(C#N)=C1C(=O)C(Cl)=C(Cl)C(O)=C1Cl. The van der Waals surface area contributed by atoms with Crippen LogP contribution in [0.25, 0.3) is 0 Å². The molecule has 0 saturated heterocycles. The van der Waals surface area contributed by atoms with Crippen molar-refractivity contribution in [2.45, 2.75) is 0 Å². The number of aliphatic hydroxyl groups is 1. The van der Waals surface area contributed by atoms with E-state index >= 15 is 0 Å². The maximum absolute atomic E-state index is 11.6. The van der Waals surface area contributed by atoms with Crippen molar-refractivity contribution in [3.63, 3.8) is 0 Å². The van der Waals surface area contributed by atoms with Gasteiger partial charge in [0, 0.05) is 0 Å². The molecule has 0 aromatic rings. The summed E-state index contributed by atoms with van der Waals surface area (Å²) >= 11 is 16.6. The Morgan fingerprint density at radius 2 is 1.56 bits per heavy atom. The van der Waals surface area contributed by atoms with E-state index in [0.29, 0.717) is 0 Å². The normalized spacial score (nSPS) is 16.1. The zero-order chi connectivity index (χ0) is 12.5. The lowest BCUT2D eigenvalue weighted by atomic mass is 10.00. The number of nitriles is 2. The molecular weight excluding hydrogens is 274 g/mol. The second-order valence-corrected chi connectivity index (χ2v) is 3.73. The maximum Gasteiger partial charge on any atom is 0.209 e. The Kier molecular flexibility index (Phi) is 3.62. The minimum atomic E-state index is -0.868. The molecule has 0 spiro atoms. The first kappa shape index (κ1) is 12.6. The summed E-state index contributed by atoms with van der Waals surface area (Å²) in [5, 5.41) is 25.3. The highest BCUT2D eigenvalue weighted by Crippen LogP contribution is 2.37. The van der Waals surface area contributed by atoms with Crippen LogP contribution in [0.5, 0.6) is 0 Å². The molecule has 0 bridgehead atoms. The van der Waals surface area contributed by atoms with Gasteiger partial charge in [-0.2, -0.15) is 10.5 Å². The molecule has 0 aromatic heterocycles. The van der Waals surface area contributed by atoms with Crippen LogP contribution in [0.15, 0.2) is 32.0 Å². The van der Waals surface area contributed by atoms with Gasteiger partial charge in [0.1, 0.15) is 27.8 Å². The van der Waals surface area contributed by atoms with Gasteiger partial charge in [0.15, 0.2) is 5.76 Å². The van der Waals surface area contributed by atoms with Gasteiger partial charge in [-0.3, -0.25) is 4.79 Å². The molecule has 0 unspecified atom stereocenters. The molecule has 0 saturated carbocycles. The van der Waals surface area contributed by atoms with Gasteiger partial charge in [-0.1, -0.05) is 34.8 Å². The maximum atomic E-state index is 11.6. The molecule has 0 fully saturated rings. The molecule has 0 aromatic carbocycles. The molecule has 0 radical (unpaired) electrons. The van der Waals surface area contributed by atoms with Crippen LogP contribution in [0.3, 0.4) is 0 Å². The van der Waals surface area contributed by atoms with E-state index in [1.54, 1.807) is 0 Å². The van der Waals surface area contributed by atoms with Crippen LogP contribution < -0.4 is 0 Å². The van der Waals surface area contributed by atoms with Crippen molar-refractivity contribution in [2.24, 2.45) is 0 Å². The van der Waals surface area contributed by atoms with Crippen LogP contribution in [-0.4, -0.2) is 10.9 Å². The number of Topliss-reactive ketones (excluding diaryl/α,β-unsaturated/α-hetero) is 1. The number of ketones is 1. The largest absolute Gasteiger partial charge is 0.505 e. The minimum Gasteiger partial charge on any atom is -0.505 e. The summed E-state index contributed by atoms with van der Waals surface area (Å²) in [6, 6.07) is 2.96. The van der Waals surface area contributed by atoms with E-state index in [-0.39, 0.29) is 0 Å². The number of halogens is 3. The third-order valence-electron chi connectivity index (χ3n) is 1.73. The lowest BCUT2D eigenvalue weighted by Gasteiger charge is -2.14. The smallest absolute Gasteiger partial charge is 0.209 e. The molecule has 0 heterocycles. The van der Waals surface area contributed by atoms with Crippen molar-refractivity contribution < 1.29 is 9.90 Å². The molecule has 1 rings (SSSR count). The third kappa shape index (κ3) is 1.79. The molecule has 4 nitrogen and oxygen atoms in total. The van der Waals surface area contributed by atoms with Crippen LogP contribution in [-0.2, 0) is 4.79 Å². The molecule has 7 heteroatoms. The van der Waals surface area contributed by atoms with Crippen molar-refractivity contribution in [1.29, 1.82) is 10.5 Å². The fourth-order valence-electron chi connectivity index (χ4n) is 0.988.